The highest BCUT2D eigenvalue weighted by Crippen LogP contribution is 2.30. The maximum atomic E-state index is 12.2. The van der Waals surface area contributed by atoms with Crippen molar-refractivity contribution in [2.24, 2.45) is 5.92 Å². The zero-order valence-corrected chi connectivity index (χ0v) is 15.9. The molecule has 2 aromatic carbocycles. The van der Waals surface area contributed by atoms with Crippen LogP contribution in [-0.4, -0.2) is 21.7 Å². The van der Waals surface area contributed by atoms with Gasteiger partial charge in [0.05, 0.1) is 0 Å². The molecule has 0 radical (unpaired) electrons. The average molecular weight is 362 g/mol. The highest BCUT2D eigenvalue weighted by molar-refractivity contribution is 5.98. The van der Waals surface area contributed by atoms with E-state index in [0.29, 0.717) is 24.8 Å². The highest BCUT2D eigenvalue weighted by Gasteiger charge is 2.27. The number of carboxylic acids is 1. The average Bonchev–Trinajstić information content (AvgIpc) is 2.94. The van der Waals surface area contributed by atoms with E-state index in [0.717, 1.165) is 27.9 Å². The van der Waals surface area contributed by atoms with E-state index in [4.69, 9.17) is 0 Å². The van der Waals surface area contributed by atoms with E-state index in [1.165, 1.54) is 18.4 Å². The zero-order valence-electron chi connectivity index (χ0n) is 15.9. The first-order chi connectivity index (χ1) is 13.0. The quantitative estimate of drug-likeness (QED) is 0.675. The number of nitrogens with zero attached hydrogens (tertiary/aromatic N) is 1. The number of aromatic nitrogens is 1. The van der Waals surface area contributed by atoms with E-state index in [-0.39, 0.29) is 0 Å². The largest absolute Gasteiger partial charge is 0.477 e. The number of para-hydroxylation sites is 1. The van der Waals surface area contributed by atoms with Gasteiger partial charge >= 0.3 is 5.97 Å². The van der Waals surface area contributed by atoms with Crippen molar-refractivity contribution in [1.29, 1.82) is 0 Å². The van der Waals surface area contributed by atoms with Gasteiger partial charge in [-0.2, -0.15) is 0 Å². The summed E-state index contributed by atoms with van der Waals surface area (Å²) in [6, 6.07) is 16.8. The number of hydrogen-bond donors (Lipinski definition) is 2. The van der Waals surface area contributed by atoms with Gasteiger partial charge in [-0.05, 0) is 37.3 Å². The number of aromatic carboxylic acids is 1. The summed E-state index contributed by atoms with van der Waals surface area (Å²) in [6.45, 7) is 5.47. The second-order valence-corrected chi connectivity index (χ2v) is 7.88. The smallest absolute Gasteiger partial charge is 0.352 e. The Labute approximate surface area is 159 Å². The molecule has 2 N–H and O–H groups in total. The molecule has 1 saturated carbocycles. The van der Waals surface area contributed by atoms with Crippen LogP contribution < -0.4 is 5.32 Å². The van der Waals surface area contributed by atoms with Gasteiger partial charge in [0.1, 0.15) is 5.69 Å². The molecule has 140 valence electrons. The number of fused-ring (bicyclic) bond motifs is 1. The van der Waals surface area contributed by atoms with Crippen LogP contribution in [0, 0.1) is 12.8 Å². The van der Waals surface area contributed by atoms with Gasteiger partial charge in [-0.25, -0.2) is 4.79 Å². The molecule has 0 unspecified atom stereocenters. The second kappa shape index (κ2) is 7.20. The number of hydrogen-bond acceptors (Lipinski definition) is 2. The van der Waals surface area contributed by atoms with Crippen LogP contribution in [0.2, 0.25) is 0 Å². The molecular weight excluding hydrogens is 336 g/mol. The normalized spacial score (nSPS) is 19.2. The van der Waals surface area contributed by atoms with E-state index in [9.17, 15) is 9.90 Å². The number of benzene rings is 2. The van der Waals surface area contributed by atoms with Crippen LogP contribution >= 0.6 is 0 Å². The van der Waals surface area contributed by atoms with Gasteiger partial charge in [-0.15, -0.1) is 0 Å². The van der Waals surface area contributed by atoms with Crippen LogP contribution in [0.5, 0.6) is 0 Å². The van der Waals surface area contributed by atoms with Crippen molar-refractivity contribution in [3.63, 3.8) is 0 Å². The highest BCUT2D eigenvalue weighted by atomic mass is 16.4. The molecule has 1 fully saturated rings. The Balaban J connectivity index is 1.73. The summed E-state index contributed by atoms with van der Waals surface area (Å²) < 4.78 is 1.95. The van der Waals surface area contributed by atoms with E-state index in [1.54, 1.807) is 0 Å². The van der Waals surface area contributed by atoms with Crippen molar-refractivity contribution in [2.75, 3.05) is 0 Å². The van der Waals surface area contributed by atoms with Gasteiger partial charge < -0.3 is 15.0 Å². The zero-order chi connectivity index (χ0) is 19.0. The summed E-state index contributed by atoms with van der Waals surface area (Å²) in [5.41, 5.74) is 4.58. The minimum absolute atomic E-state index is 0.400. The lowest BCUT2D eigenvalue weighted by molar-refractivity contribution is 0.0684. The molecule has 0 atom stereocenters. The Kier molecular flexibility index (Phi) is 4.75. The maximum absolute atomic E-state index is 12.2. The number of carboxylic acid groups (broad SMARTS) is 1. The molecule has 0 saturated heterocycles. The van der Waals surface area contributed by atoms with E-state index in [1.807, 2.05) is 28.8 Å². The lowest BCUT2D eigenvalue weighted by atomic mass is 9.82. The number of aryl methyl sites for hydroxylation is 1. The van der Waals surface area contributed by atoms with Crippen LogP contribution in [0.1, 0.15) is 46.9 Å². The van der Waals surface area contributed by atoms with E-state index >= 15 is 0 Å². The predicted molar refractivity (Wildman–Crippen MR) is 108 cm³/mol. The fourth-order valence-electron chi connectivity index (χ4n) is 4.15. The molecule has 1 aromatic heterocycles. The molecule has 0 spiro atoms. The Bertz CT molecular complexity index is 966. The molecule has 4 nitrogen and oxygen atoms in total. The Morgan fingerprint density at radius 2 is 1.85 bits per heavy atom. The first kappa shape index (κ1) is 17.8. The van der Waals surface area contributed by atoms with Gasteiger partial charge in [-0.1, -0.05) is 55.0 Å². The summed E-state index contributed by atoms with van der Waals surface area (Å²) in [5.74, 6) is -0.0959. The van der Waals surface area contributed by atoms with E-state index < -0.39 is 5.97 Å². The molecule has 1 aliphatic rings. The third-order valence-corrected chi connectivity index (χ3v) is 5.68. The molecule has 0 bridgehead atoms. The van der Waals surface area contributed by atoms with Crippen molar-refractivity contribution in [2.45, 2.75) is 45.8 Å². The van der Waals surface area contributed by atoms with Gasteiger partial charge in [0.2, 0.25) is 0 Å². The molecule has 0 amide bonds. The summed E-state index contributed by atoms with van der Waals surface area (Å²) in [4.78, 5) is 12.2. The Hall–Kier alpha value is -2.59. The van der Waals surface area contributed by atoms with E-state index in [2.05, 4.69) is 43.4 Å². The van der Waals surface area contributed by atoms with Crippen molar-refractivity contribution in [1.82, 2.24) is 9.88 Å². The fourth-order valence-corrected chi connectivity index (χ4v) is 4.15. The summed E-state index contributed by atoms with van der Waals surface area (Å²) in [7, 11) is 0. The Morgan fingerprint density at radius 1 is 1.15 bits per heavy atom. The van der Waals surface area contributed by atoms with Crippen LogP contribution in [0.3, 0.4) is 0 Å². The summed E-state index contributed by atoms with van der Waals surface area (Å²) in [5, 5.41) is 14.6. The topological polar surface area (TPSA) is 54.3 Å². The Morgan fingerprint density at radius 3 is 2.52 bits per heavy atom. The minimum Gasteiger partial charge on any atom is -0.477 e. The first-order valence-corrected chi connectivity index (χ1v) is 9.65. The van der Waals surface area contributed by atoms with Crippen LogP contribution in [0.15, 0.2) is 48.5 Å². The fraction of sp³-hybridized carbons (Fsp3) is 0.348. The maximum Gasteiger partial charge on any atom is 0.352 e. The molecule has 1 aliphatic carbocycles. The van der Waals surface area contributed by atoms with Crippen molar-refractivity contribution in [3.8, 4) is 0 Å². The van der Waals surface area contributed by atoms with Crippen LogP contribution in [-0.2, 0) is 13.1 Å². The molecular formula is C23H26N2O2. The standard InChI is InChI=1S/C23H26N2O2/c1-15-7-9-17(10-8-15)14-25-21-6-4-3-5-19(21)20(22(25)23(26)27)13-24-18-11-16(2)12-18/h3-10,16,18,24H,11-14H2,1-2H3,(H,26,27). The van der Waals surface area contributed by atoms with Crippen molar-refractivity contribution in [3.05, 3.63) is 70.9 Å². The molecule has 4 rings (SSSR count). The molecule has 0 aliphatic heterocycles. The molecule has 3 aromatic rings. The van der Waals surface area contributed by atoms with Crippen molar-refractivity contribution >= 4 is 16.9 Å². The van der Waals surface area contributed by atoms with Crippen LogP contribution in [0.25, 0.3) is 10.9 Å². The third-order valence-electron chi connectivity index (χ3n) is 5.68. The first-order valence-electron chi connectivity index (χ1n) is 9.65. The predicted octanol–water partition coefficient (Wildman–Crippen LogP) is 4.58. The molecule has 4 heteroatoms. The van der Waals surface area contributed by atoms with Gasteiger partial charge in [-0.3, -0.25) is 0 Å². The SMILES string of the molecule is Cc1ccc(Cn2c(C(=O)O)c(CNC3CC(C)C3)c3ccccc32)cc1. The third kappa shape index (κ3) is 3.50. The van der Waals surface area contributed by atoms with Gasteiger partial charge in [0.25, 0.3) is 0 Å². The molecule has 27 heavy (non-hydrogen) atoms. The van der Waals surface area contributed by atoms with Gasteiger partial charge in [0.15, 0.2) is 0 Å². The second-order valence-electron chi connectivity index (χ2n) is 7.88. The lowest BCUT2D eigenvalue weighted by Crippen LogP contribution is -2.39. The number of carbonyl (C=O) groups is 1. The lowest BCUT2D eigenvalue weighted by Gasteiger charge is -2.33. The minimum atomic E-state index is -0.864. The summed E-state index contributed by atoms with van der Waals surface area (Å²) in [6.07, 6.45) is 2.34. The monoisotopic (exact) mass is 362 g/mol. The van der Waals surface area contributed by atoms with Crippen LogP contribution in [0.4, 0.5) is 0 Å². The number of nitrogens with one attached hydrogen (secondary N) is 1. The molecule has 1 heterocycles. The summed E-state index contributed by atoms with van der Waals surface area (Å²) >= 11 is 0. The van der Waals surface area contributed by atoms with Gasteiger partial charge in [0, 0.05) is 35.6 Å². The number of rotatable bonds is 6. The van der Waals surface area contributed by atoms with Crippen molar-refractivity contribution < 1.29 is 9.90 Å².